The van der Waals surface area contributed by atoms with Gasteiger partial charge >= 0.3 is 0 Å². The number of benzene rings is 2. The second-order valence-electron chi connectivity index (χ2n) is 5.80. The maximum absolute atomic E-state index is 14.5. The summed E-state index contributed by atoms with van der Waals surface area (Å²) >= 11 is 0. The molecule has 1 atom stereocenters. The van der Waals surface area contributed by atoms with E-state index in [-0.39, 0.29) is 17.6 Å². The number of hydrogen-bond acceptors (Lipinski definition) is 3. The highest BCUT2D eigenvalue weighted by Crippen LogP contribution is 2.38. The summed E-state index contributed by atoms with van der Waals surface area (Å²) in [6.07, 6.45) is 1.53. The minimum absolute atomic E-state index is 0.262. The van der Waals surface area contributed by atoms with Gasteiger partial charge in [0.2, 0.25) is 0 Å². The van der Waals surface area contributed by atoms with Crippen LogP contribution in [0.2, 0.25) is 0 Å². The summed E-state index contributed by atoms with van der Waals surface area (Å²) in [5.41, 5.74) is 12.3. The molecule has 3 rings (SSSR count). The molecule has 0 spiro atoms. The number of nitrogens with two attached hydrogens (primary N) is 2. The number of carbonyl (C=O) groups is 1. The van der Waals surface area contributed by atoms with Crippen LogP contribution in [0, 0.1) is 5.82 Å². The van der Waals surface area contributed by atoms with Crippen LogP contribution < -0.4 is 20.9 Å². The molecule has 2 aromatic rings. The van der Waals surface area contributed by atoms with E-state index >= 15 is 0 Å². The lowest BCUT2D eigenvalue weighted by Crippen LogP contribution is -2.24. The summed E-state index contributed by atoms with van der Waals surface area (Å²) in [4.78, 5) is 15.6. The number of rotatable bonds is 3. The van der Waals surface area contributed by atoms with Crippen molar-refractivity contribution in [3.05, 3.63) is 65.0 Å². The molecule has 1 aliphatic rings. The fraction of sp³-hybridized carbons (Fsp3) is 0.158. The topological polar surface area (TPSA) is 99.9 Å². The summed E-state index contributed by atoms with van der Waals surface area (Å²) in [7, 11) is 1.51. The molecule has 4 N–H and O–H groups in total. The Hall–Kier alpha value is -3.35. The van der Waals surface area contributed by atoms with Gasteiger partial charge in [-0.05, 0) is 55.0 Å². The van der Waals surface area contributed by atoms with E-state index < -0.39 is 11.7 Å². The van der Waals surface area contributed by atoms with Crippen LogP contribution in [0.5, 0.6) is 11.5 Å². The molecule has 0 radical (unpaired) electrons. The summed E-state index contributed by atoms with van der Waals surface area (Å²) in [6.45, 7) is 1.85. The van der Waals surface area contributed by atoms with Gasteiger partial charge in [0.25, 0.3) is 5.91 Å². The average Bonchev–Trinajstić information content (AvgIpc) is 2.60. The zero-order valence-corrected chi connectivity index (χ0v) is 14.3. The molecule has 0 aromatic heterocycles. The molecule has 1 unspecified atom stereocenters. The molecule has 6 nitrogen and oxygen atoms in total. The van der Waals surface area contributed by atoms with Crippen molar-refractivity contribution in [2.75, 3.05) is 7.11 Å². The van der Waals surface area contributed by atoms with Gasteiger partial charge in [-0.25, -0.2) is 4.39 Å². The molecule has 2 aromatic carbocycles. The van der Waals surface area contributed by atoms with Crippen LogP contribution in [0.1, 0.15) is 28.4 Å². The van der Waals surface area contributed by atoms with E-state index in [1.165, 1.54) is 13.2 Å². The van der Waals surface area contributed by atoms with Crippen LogP contribution in [0.3, 0.4) is 0 Å². The second kappa shape index (κ2) is 6.87. The largest absolute Gasteiger partial charge is 0.497 e. The Morgan fingerprint density at radius 2 is 1.96 bits per heavy atom. The number of fused-ring (bicyclic) bond motifs is 1. The van der Waals surface area contributed by atoms with Crippen molar-refractivity contribution in [2.45, 2.75) is 13.0 Å². The number of amides is 1. The van der Waals surface area contributed by atoms with Crippen molar-refractivity contribution in [3.63, 3.8) is 0 Å². The number of guanidine groups is 1. The molecule has 1 heterocycles. The first-order valence-corrected chi connectivity index (χ1v) is 7.90. The van der Waals surface area contributed by atoms with Crippen molar-refractivity contribution >= 4 is 17.4 Å². The van der Waals surface area contributed by atoms with Crippen LogP contribution in [0.4, 0.5) is 4.39 Å². The molecule has 26 heavy (non-hydrogen) atoms. The molecule has 0 saturated heterocycles. The number of aliphatic imine (C=N–C) groups is 1. The second-order valence-corrected chi connectivity index (χ2v) is 5.80. The molecule has 1 aliphatic heterocycles. The fourth-order valence-electron chi connectivity index (χ4n) is 2.79. The Morgan fingerprint density at radius 3 is 2.65 bits per heavy atom. The van der Waals surface area contributed by atoms with E-state index in [1.54, 1.807) is 36.4 Å². The fourth-order valence-corrected chi connectivity index (χ4v) is 2.79. The number of carbonyl (C=O) groups excluding carboxylic acids is 1. The third-order valence-electron chi connectivity index (χ3n) is 3.93. The van der Waals surface area contributed by atoms with Crippen LogP contribution >= 0.6 is 0 Å². The lowest BCUT2D eigenvalue weighted by Gasteiger charge is -2.24. The Labute approximate surface area is 149 Å². The van der Waals surface area contributed by atoms with Gasteiger partial charge in [-0.3, -0.25) is 4.79 Å². The van der Waals surface area contributed by atoms with Crippen LogP contribution in [-0.4, -0.2) is 25.1 Å². The highest BCUT2D eigenvalue weighted by Gasteiger charge is 2.23. The Balaban J connectivity index is 2.14. The number of nitrogens with zero attached hydrogens (tertiary/aromatic N) is 1. The normalized spacial score (nSPS) is 15.3. The van der Waals surface area contributed by atoms with E-state index in [4.69, 9.17) is 20.9 Å². The molecule has 0 aliphatic carbocycles. The quantitative estimate of drug-likeness (QED) is 0.651. The Morgan fingerprint density at radius 1 is 1.19 bits per heavy atom. The molecule has 0 bridgehead atoms. The van der Waals surface area contributed by atoms with E-state index in [2.05, 4.69) is 4.99 Å². The lowest BCUT2D eigenvalue weighted by atomic mass is 9.92. The van der Waals surface area contributed by atoms with Gasteiger partial charge in [-0.1, -0.05) is 0 Å². The van der Waals surface area contributed by atoms with Gasteiger partial charge in [0.05, 0.1) is 7.11 Å². The summed E-state index contributed by atoms with van der Waals surface area (Å²) in [5, 5.41) is 0. The summed E-state index contributed by atoms with van der Waals surface area (Å²) in [5.74, 6) is -0.253. The number of halogens is 1. The van der Waals surface area contributed by atoms with Crippen LogP contribution in [0.25, 0.3) is 5.57 Å². The number of ether oxygens (including phenoxy) is 2. The molecule has 0 saturated carbocycles. The first-order valence-electron chi connectivity index (χ1n) is 7.90. The van der Waals surface area contributed by atoms with Crippen molar-refractivity contribution in [1.29, 1.82) is 0 Å². The van der Waals surface area contributed by atoms with E-state index in [0.29, 0.717) is 28.2 Å². The Bertz CT molecular complexity index is 934. The van der Waals surface area contributed by atoms with Gasteiger partial charge < -0.3 is 20.9 Å². The summed E-state index contributed by atoms with van der Waals surface area (Å²) < 4.78 is 25.4. The molecule has 134 valence electrons. The van der Waals surface area contributed by atoms with Crippen molar-refractivity contribution in [3.8, 4) is 11.5 Å². The highest BCUT2D eigenvalue weighted by molar-refractivity contribution is 6.03. The van der Waals surface area contributed by atoms with Gasteiger partial charge in [0.15, 0.2) is 5.96 Å². The van der Waals surface area contributed by atoms with Gasteiger partial charge in [0, 0.05) is 16.7 Å². The standard InChI is InChI=1S/C19H18FN3O3/c1-10-7-13(14-9-12(25-2)4-5-16(14)20)15-8-11(3-6-17(15)26-10)18(24)23-19(21)22/h3-10H,1-2H3,(H4,21,22,23,24). The minimum Gasteiger partial charge on any atom is -0.497 e. The van der Waals surface area contributed by atoms with Gasteiger partial charge in [-0.15, -0.1) is 0 Å². The Kier molecular flexibility index (Phi) is 4.62. The van der Waals surface area contributed by atoms with Gasteiger partial charge in [0.1, 0.15) is 23.4 Å². The molecular weight excluding hydrogens is 337 g/mol. The van der Waals surface area contributed by atoms with Crippen LogP contribution in [0.15, 0.2) is 47.5 Å². The van der Waals surface area contributed by atoms with Crippen molar-refractivity contribution in [1.82, 2.24) is 0 Å². The third-order valence-corrected chi connectivity index (χ3v) is 3.93. The van der Waals surface area contributed by atoms with E-state index in [9.17, 15) is 9.18 Å². The smallest absolute Gasteiger partial charge is 0.280 e. The number of methoxy groups -OCH3 is 1. The zero-order valence-electron chi connectivity index (χ0n) is 14.3. The van der Waals surface area contributed by atoms with Gasteiger partial charge in [-0.2, -0.15) is 4.99 Å². The van der Waals surface area contributed by atoms with E-state index in [1.807, 2.05) is 6.92 Å². The van der Waals surface area contributed by atoms with E-state index in [0.717, 1.165) is 0 Å². The predicted octanol–water partition coefficient (Wildman–Crippen LogP) is 2.46. The zero-order chi connectivity index (χ0) is 18.8. The first-order chi connectivity index (χ1) is 12.4. The SMILES string of the molecule is COc1ccc(F)c(C2=CC(C)Oc3ccc(C(=O)N=C(N)N)cc32)c1. The molecule has 7 heteroatoms. The van der Waals surface area contributed by atoms with Crippen molar-refractivity contribution in [2.24, 2.45) is 16.5 Å². The maximum atomic E-state index is 14.5. The molecule has 1 amide bonds. The predicted molar refractivity (Wildman–Crippen MR) is 96.7 cm³/mol. The summed E-state index contributed by atoms with van der Waals surface area (Å²) in [6, 6.07) is 9.27. The van der Waals surface area contributed by atoms with Crippen LogP contribution in [-0.2, 0) is 0 Å². The third kappa shape index (κ3) is 3.37. The monoisotopic (exact) mass is 355 g/mol. The minimum atomic E-state index is -0.586. The van der Waals surface area contributed by atoms with Crippen molar-refractivity contribution < 1.29 is 18.7 Å². The molecule has 0 fully saturated rings. The highest BCUT2D eigenvalue weighted by atomic mass is 19.1. The maximum Gasteiger partial charge on any atom is 0.280 e. The first kappa shape index (κ1) is 17.5. The average molecular weight is 355 g/mol. The number of hydrogen-bond donors (Lipinski definition) is 2. The lowest BCUT2D eigenvalue weighted by molar-refractivity contribution is 0.100. The molecular formula is C19H18FN3O3.